The zero-order valence-electron chi connectivity index (χ0n) is 18.4. The third-order valence-corrected chi connectivity index (χ3v) is 7.16. The number of morpholine rings is 1. The van der Waals surface area contributed by atoms with Crippen molar-refractivity contribution in [2.75, 3.05) is 26.3 Å². The SMILES string of the molecule is CCn1nc(C(=O)N2CCOCC2)c2c1CC[C@@H](NCc1nc(-c3ccccc3)cs1)C2. The van der Waals surface area contributed by atoms with Crippen molar-refractivity contribution >= 4 is 17.2 Å². The van der Waals surface area contributed by atoms with Gasteiger partial charge in [0.15, 0.2) is 5.69 Å². The van der Waals surface area contributed by atoms with Gasteiger partial charge in [-0.15, -0.1) is 11.3 Å². The summed E-state index contributed by atoms with van der Waals surface area (Å²) in [6.07, 6.45) is 2.82. The molecule has 1 atom stereocenters. The van der Waals surface area contributed by atoms with Crippen LogP contribution in [0.5, 0.6) is 0 Å². The number of thiazole rings is 1. The fourth-order valence-corrected chi connectivity index (χ4v) is 5.33. The van der Waals surface area contributed by atoms with Gasteiger partial charge in [0.2, 0.25) is 0 Å². The third kappa shape index (κ3) is 4.35. The van der Waals surface area contributed by atoms with E-state index in [0.717, 1.165) is 54.2 Å². The highest BCUT2D eigenvalue weighted by molar-refractivity contribution is 7.09. The molecule has 0 radical (unpaired) electrons. The molecule has 1 aliphatic carbocycles. The molecule has 0 bridgehead atoms. The molecule has 3 aromatic rings. The standard InChI is InChI=1S/C24H29N5O2S/c1-2-29-21-9-8-18(14-19(21)23(27-29)24(30)28-10-12-31-13-11-28)25-15-22-26-20(16-32-22)17-6-4-3-5-7-17/h3-7,16,18,25H,2,8-15H2,1H3/t18-/m1/s1. The number of nitrogens with zero attached hydrogens (tertiary/aromatic N) is 4. The Balaban J connectivity index is 1.27. The van der Waals surface area contributed by atoms with E-state index in [4.69, 9.17) is 14.8 Å². The first-order valence-corrected chi connectivity index (χ1v) is 12.3. The molecule has 3 heterocycles. The van der Waals surface area contributed by atoms with Gasteiger partial charge in [0.05, 0.1) is 18.9 Å². The summed E-state index contributed by atoms with van der Waals surface area (Å²) in [6, 6.07) is 10.6. The van der Waals surface area contributed by atoms with Crippen molar-refractivity contribution in [2.45, 2.75) is 45.3 Å². The molecule has 32 heavy (non-hydrogen) atoms. The summed E-state index contributed by atoms with van der Waals surface area (Å²) in [5.41, 5.74) is 5.16. The van der Waals surface area contributed by atoms with Crippen molar-refractivity contribution in [3.8, 4) is 11.3 Å². The molecule has 1 aromatic carbocycles. The number of hydrogen-bond donors (Lipinski definition) is 1. The smallest absolute Gasteiger partial charge is 0.274 e. The minimum absolute atomic E-state index is 0.0461. The Kier molecular flexibility index (Phi) is 6.34. The topological polar surface area (TPSA) is 72.3 Å². The van der Waals surface area contributed by atoms with Crippen molar-refractivity contribution < 1.29 is 9.53 Å². The average molecular weight is 452 g/mol. The van der Waals surface area contributed by atoms with Crippen molar-refractivity contribution in [2.24, 2.45) is 0 Å². The minimum Gasteiger partial charge on any atom is -0.378 e. The summed E-state index contributed by atoms with van der Waals surface area (Å²) in [5.74, 6) is 0.0461. The van der Waals surface area contributed by atoms with E-state index in [1.807, 2.05) is 27.8 Å². The van der Waals surface area contributed by atoms with E-state index in [1.165, 1.54) is 5.69 Å². The first kappa shape index (κ1) is 21.3. The Labute approximate surface area is 192 Å². The number of benzene rings is 1. The average Bonchev–Trinajstić information content (AvgIpc) is 3.48. The number of carbonyl (C=O) groups excluding carboxylic acids is 1. The van der Waals surface area contributed by atoms with Gasteiger partial charge >= 0.3 is 0 Å². The first-order chi connectivity index (χ1) is 15.7. The lowest BCUT2D eigenvalue weighted by atomic mass is 9.91. The molecule has 2 aliphatic rings. The van der Waals surface area contributed by atoms with Gasteiger partial charge in [0.1, 0.15) is 5.01 Å². The number of nitrogens with one attached hydrogen (secondary N) is 1. The number of carbonyl (C=O) groups is 1. The fraction of sp³-hybridized carbons (Fsp3) is 0.458. The molecule has 1 saturated heterocycles. The second kappa shape index (κ2) is 9.52. The van der Waals surface area contributed by atoms with Crippen molar-refractivity contribution in [3.63, 3.8) is 0 Å². The first-order valence-electron chi connectivity index (χ1n) is 11.4. The van der Waals surface area contributed by atoms with Crippen LogP contribution in [0.3, 0.4) is 0 Å². The highest BCUT2D eigenvalue weighted by Gasteiger charge is 2.31. The highest BCUT2D eigenvalue weighted by atomic mass is 32.1. The summed E-state index contributed by atoms with van der Waals surface area (Å²) >= 11 is 1.69. The summed E-state index contributed by atoms with van der Waals surface area (Å²) in [5, 5.41) is 11.6. The van der Waals surface area contributed by atoms with Gasteiger partial charge < -0.3 is 15.0 Å². The number of amides is 1. The Morgan fingerprint density at radius 2 is 2.06 bits per heavy atom. The van der Waals surface area contributed by atoms with Gasteiger partial charge in [-0.05, 0) is 26.2 Å². The largest absolute Gasteiger partial charge is 0.378 e. The van der Waals surface area contributed by atoms with Crippen LogP contribution in [0, 0.1) is 0 Å². The Morgan fingerprint density at radius 3 is 2.84 bits per heavy atom. The monoisotopic (exact) mass is 451 g/mol. The van der Waals surface area contributed by atoms with E-state index in [0.29, 0.717) is 38.0 Å². The molecule has 1 fully saturated rings. The van der Waals surface area contributed by atoms with Crippen LogP contribution in [0.4, 0.5) is 0 Å². The summed E-state index contributed by atoms with van der Waals surface area (Å²) in [6.45, 7) is 6.11. The van der Waals surface area contributed by atoms with Crippen LogP contribution in [-0.2, 0) is 30.7 Å². The molecule has 1 N–H and O–H groups in total. The molecule has 1 amide bonds. The number of rotatable bonds is 6. The van der Waals surface area contributed by atoms with E-state index in [1.54, 1.807) is 11.3 Å². The maximum absolute atomic E-state index is 13.2. The van der Waals surface area contributed by atoms with Gasteiger partial charge in [0.25, 0.3) is 5.91 Å². The van der Waals surface area contributed by atoms with Gasteiger partial charge in [-0.3, -0.25) is 9.48 Å². The van der Waals surface area contributed by atoms with Gasteiger partial charge in [0, 0.05) is 54.4 Å². The molecule has 0 saturated carbocycles. The molecule has 1 aliphatic heterocycles. The van der Waals surface area contributed by atoms with E-state index in [-0.39, 0.29) is 5.91 Å². The lowest BCUT2D eigenvalue weighted by Gasteiger charge is -2.27. The molecular formula is C24H29N5O2S. The van der Waals surface area contributed by atoms with Gasteiger partial charge in [-0.2, -0.15) is 5.10 Å². The number of ether oxygens (including phenoxy) is 1. The third-order valence-electron chi connectivity index (χ3n) is 6.31. The predicted octanol–water partition coefficient (Wildman–Crippen LogP) is 3.15. The van der Waals surface area contributed by atoms with Crippen LogP contribution in [0.2, 0.25) is 0 Å². The molecule has 2 aromatic heterocycles. The lowest BCUT2D eigenvalue weighted by molar-refractivity contribution is 0.0297. The summed E-state index contributed by atoms with van der Waals surface area (Å²) in [7, 11) is 0. The molecular weight excluding hydrogens is 422 g/mol. The van der Waals surface area contributed by atoms with E-state index < -0.39 is 0 Å². The predicted molar refractivity (Wildman–Crippen MR) is 125 cm³/mol. The van der Waals surface area contributed by atoms with Crippen molar-refractivity contribution in [1.82, 2.24) is 25.0 Å². The minimum atomic E-state index is 0.0461. The lowest BCUT2D eigenvalue weighted by Crippen LogP contribution is -2.41. The van der Waals surface area contributed by atoms with Gasteiger partial charge in [-0.1, -0.05) is 30.3 Å². The second-order valence-corrected chi connectivity index (χ2v) is 9.25. The number of aryl methyl sites for hydroxylation is 1. The molecule has 5 rings (SSSR count). The van der Waals surface area contributed by atoms with Crippen LogP contribution >= 0.6 is 11.3 Å². The molecule has 7 nitrogen and oxygen atoms in total. The number of fused-ring (bicyclic) bond motifs is 1. The highest BCUT2D eigenvalue weighted by Crippen LogP contribution is 2.27. The summed E-state index contributed by atoms with van der Waals surface area (Å²) in [4.78, 5) is 19.9. The number of aromatic nitrogens is 3. The van der Waals surface area contributed by atoms with E-state index in [2.05, 4.69) is 29.8 Å². The maximum atomic E-state index is 13.2. The molecule has 0 spiro atoms. The second-order valence-electron chi connectivity index (χ2n) is 8.31. The van der Waals surface area contributed by atoms with Crippen LogP contribution < -0.4 is 5.32 Å². The fourth-order valence-electron chi connectivity index (χ4n) is 4.58. The Hall–Kier alpha value is -2.55. The van der Waals surface area contributed by atoms with Crippen LogP contribution in [-0.4, -0.2) is 57.9 Å². The van der Waals surface area contributed by atoms with Crippen LogP contribution in [0.1, 0.15) is 40.1 Å². The molecule has 8 heteroatoms. The van der Waals surface area contributed by atoms with E-state index in [9.17, 15) is 4.79 Å². The molecule has 0 unspecified atom stereocenters. The Bertz CT molecular complexity index is 1070. The quantitative estimate of drug-likeness (QED) is 0.623. The zero-order chi connectivity index (χ0) is 21.9. The zero-order valence-corrected chi connectivity index (χ0v) is 19.2. The van der Waals surface area contributed by atoms with Crippen molar-refractivity contribution in [3.05, 3.63) is 57.7 Å². The Morgan fingerprint density at radius 1 is 1.25 bits per heavy atom. The van der Waals surface area contributed by atoms with Crippen LogP contribution in [0.15, 0.2) is 35.7 Å². The van der Waals surface area contributed by atoms with Crippen molar-refractivity contribution in [1.29, 1.82) is 0 Å². The maximum Gasteiger partial charge on any atom is 0.274 e. The molecule has 168 valence electrons. The van der Waals surface area contributed by atoms with Gasteiger partial charge in [-0.25, -0.2) is 4.98 Å². The number of hydrogen-bond acceptors (Lipinski definition) is 6. The normalized spacial score (nSPS) is 18.5. The van der Waals surface area contributed by atoms with E-state index >= 15 is 0 Å². The summed E-state index contributed by atoms with van der Waals surface area (Å²) < 4.78 is 7.43. The van der Waals surface area contributed by atoms with Crippen LogP contribution in [0.25, 0.3) is 11.3 Å².